The van der Waals surface area contributed by atoms with Gasteiger partial charge in [-0.15, -0.1) is 0 Å². The molecule has 6 heteroatoms. The van der Waals surface area contributed by atoms with Crippen LogP contribution >= 0.6 is 11.6 Å². The molecule has 1 aromatic rings. The Bertz CT molecular complexity index is 500. The molecule has 102 valence electrons. The Morgan fingerprint density at radius 1 is 1.39 bits per heavy atom. The van der Waals surface area contributed by atoms with Crippen molar-refractivity contribution in [2.24, 2.45) is 0 Å². The molecule has 0 fully saturated rings. The van der Waals surface area contributed by atoms with E-state index >= 15 is 0 Å². The largest absolute Gasteiger partial charge is 0.490 e. The van der Waals surface area contributed by atoms with Gasteiger partial charge in [-0.1, -0.05) is 11.6 Å². The zero-order valence-corrected chi connectivity index (χ0v) is 12.3. The van der Waals surface area contributed by atoms with Gasteiger partial charge in [-0.05, 0) is 32.0 Å². The smallest absolute Gasteiger partial charge is 0.150 e. The van der Waals surface area contributed by atoms with Crippen molar-refractivity contribution in [1.29, 1.82) is 0 Å². The second kappa shape index (κ2) is 6.29. The van der Waals surface area contributed by atoms with Crippen LogP contribution in [-0.4, -0.2) is 33.1 Å². The first-order valence-corrected chi connectivity index (χ1v) is 8.08. The monoisotopic (exact) mass is 291 g/mol. The van der Waals surface area contributed by atoms with Gasteiger partial charge < -0.3 is 10.1 Å². The Morgan fingerprint density at radius 3 is 2.61 bits per heavy atom. The van der Waals surface area contributed by atoms with E-state index < -0.39 is 9.84 Å². The van der Waals surface area contributed by atoms with Crippen molar-refractivity contribution in [3.63, 3.8) is 0 Å². The van der Waals surface area contributed by atoms with Crippen LogP contribution in [0.2, 0.25) is 5.02 Å². The zero-order chi connectivity index (χ0) is 13.8. The van der Waals surface area contributed by atoms with Crippen molar-refractivity contribution >= 4 is 27.1 Å². The third-order valence-corrected chi connectivity index (χ3v) is 3.24. The van der Waals surface area contributed by atoms with Crippen LogP contribution in [0.1, 0.15) is 13.8 Å². The molecule has 1 rings (SSSR count). The van der Waals surface area contributed by atoms with E-state index in [-0.39, 0.29) is 18.4 Å². The summed E-state index contributed by atoms with van der Waals surface area (Å²) >= 11 is 5.92. The summed E-state index contributed by atoms with van der Waals surface area (Å²) < 4.78 is 27.5. The van der Waals surface area contributed by atoms with Gasteiger partial charge in [0.15, 0.2) is 9.84 Å². The average Bonchev–Trinajstić information content (AvgIpc) is 2.18. The van der Waals surface area contributed by atoms with Crippen LogP contribution < -0.4 is 10.1 Å². The molecular weight excluding hydrogens is 274 g/mol. The Hall–Kier alpha value is -0.940. The molecule has 0 spiro atoms. The van der Waals surface area contributed by atoms with Gasteiger partial charge in [-0.3, -0.25) is 0 Å². The summed E-state index contributed by atoms with van der Waals surface area (Å²) in [7, 11) is -3.01. The van der Waals surface area contributed by atoms with Gasteiger partial charge >= 0.3 is 0 Å². The Morgan fingerprint density at radius 2 is 2.06 bits per heavy atom. The molecule has 4 nitrogen and oxygen atoms in total. The minimum absolute atomic E-state index is 0.00323. The fourth-order valence-corrected chi connectivity index (χ4v) is 1.91. The number of anilines is 1. The summed E-state index contributed by atoms with van der Waals surface area (Å²) in [4.78, 5) is 0. The van der Waals surface area contributed by atoms with Crippen molar-refractivity contribution in [2.75, 3.05) is 23.9 Å². The van der Waals surface area contributed by atoms with Crippen molar-refractivity contribution < 1.29 is 13.2 Å². The number of sulfone groups is 1. The van der Waals surface area contributed by atoms with E-state index in [1.54, 1.807) is 18.2 Å². The van der Waals surface area contributed by atoms with Crippen LogP contribution in [0.5, 0.6) is 5.75 Å². The number of hydrogen-bond donors (Lipinski definition) is 1. The van der Waals surface area contributed by atoms with E-state index in [1.807, 2.05) is 13.8 Å². The molecule has 0 aliphatic heterocycles. The molecule has 0 unspecified atom stereocenters. The van der Waals surface area contributed by atoms with Gasteiger partial charge in [0.2, 0.25) is 0 Å². The molecule has 0 bridgehead atoms. The molecule has 0 aliphatic carbocycles. The van der Waals surface area contributed by atoms with Crippen LogP contribution in [0.4, 0.5) is 5.69 Å². The fraction of sp³-hybridized carbons (Fsp3) is 0.500. The van der Waals surface area contributed by atoms with Crippen LogP contribution in [-0.2, 0) is 9.84 Å². The van der Waals surface area contributed by atoms with Gasteiger partial charge in [-0.25, -0.2) is 8.42 Å². The SMILES string of the molecule is CC(C)Nc1cc(Cl)ccc1OCCS(C)(=O)=O. The van der Waals surface area contributed by atoms with E-state index in [9.17, 15) is 8.42 Å². The number of benzene rings is 1. The molecule has 1 N–H and O–H groups in total. The van der Waals surface area contributed by atoms with Crippen LogP contribution in [0.15, 0.2) is 18.2 Å². The number of nitrogens with one attached hydrogen (secondary N) is 1. The minimum atomic E-state index is -3.01. The fourth-order valence-electron chi connectivity index (χ4n) is 1.35. The maximum absolute atomic E-state index is 11.0. The Balaban J connectivity index is 2.75. The van der Waals surface area contributed by atoms with Crippen molar-refractivity contribution in [1.82, 2.24) is 0 Å². The molecule has 0 amide bonds. The molecule has 0 aliphatic rings. The number of halogens is 1. The maximum Gasteiger partial charge on any atom is 0.150 e. The molecule has 18 heavy (non-hydrogen) atoms. The summed E-state index contributed by atoms with van der Waals surface area (Å²) in [6.07, 6.45) is 1.19. The van der Waals surface area contributed by atoms with Gasteiger partial charge in [-0.2, -0.15) is 0 Å². The second-order valence-corrected chi connectivity index (χ2v) is 7.11. The number of rotatable bonds is 6. The molecule has 0 radical (unpaired) electrons. The summed E-state index contributed by atoms with van der Waals surface area (Å²) in [5, 5.41) is 3.81. The molecule has 0 aromatic heterocycles. The van der Waals surface area contributed by atoms with E-state index in [2.05, 4.69) is 5.32 Å². The predicted molar refractivity (Wildman–Crippen MR) is 75.4 cm³/mol. The molecule has 1 aromatic carbocycles. The summed E-state index contributed by atoms with van der Waals surface area (Å²) in [5.74, 6) is 0.605. The highest BCUT2D eigenvalue weighted by Gasteiger charge is 2.08. The highest BCUT2D eigenvalue weighted by molar-refractivity contribution is 7.90. The topological polar surface area (TPSA) is 55.4 Å². The highest BCUT2D eigenvalue weighted by Crippen LogP contribution is 2.28. The summed E-state index contributed by atoms with van der Waals surface area (Å²) in [6, 6.07) is 5.44. The van der Waals surface area contributed by atoms with E-state index in [4.69, 9.17) is 16.3 Å². The number of hydrogen-bond acceptors (Lipinski definition) is 4. The predicted octanol–water partition coefficient (Wildman–Crippen LogP) is 2.58. The Kier molecular flexibility index (Phi) is 5.28. The van der Waals surface area contributed by atoms with Crippen molar-refractivity contribution in [3.8, 4) is 5.75 Å². The summed E-state index contributed by atoms with van der Waals surface area (Å²) in [5.41, 5.74) is 0.769. The average molecular weight is 292 g/mol. The third kappa shape index (κ3) is 5.60. The highest BCUT2D eigenvalue weighted by atomic mass is 35.5. The van der Waals surface area contributed by atoms with E-state index in [0.717, 1.165) is 5.69 Å². The first-order valence-electron chi connectivity index (χ1n) is 5.64. The zero-order valence-electron chi connectivity index (χ0n) is 10.7. The minimum Gasteiger partial charge on any atom is -0.490 e. The molecule has 0 saturated heterocycles. The Labute approximate surface area is 113 Å². The lowest BCUT2D eigenvalue weighted by atomic mass is 10.2. The van der Waals surface area contributed by atoms with Gasteiger partial charge in [0, 0.05) is 17.3 Å². The van der Waals surface area contributed by atoms with E-state index in [0.29, 0.717) is 10.8 Å². The van der Waals surface area contributed by atoms with Gasteiger partial charge in [0.25, 0.3) is 0 Å². The summed E-state index contributed by atoms with van der Waals surface area (Å²) in [6.45, 7) is 4.13. The van der Waals surface area contributed by atoms with Crippen LogP contribution in [0.3, 0.4) is 0 Å². The van der Waals surface area contributed by atoms with Crippen molar-refractivity contribution in [2.45, 2.75) is 19.9 Å². The lowest BCUT2D eigenvalue weighted by Crippen LogP contribution is -2.14. The quantitative estimate of drug-likeness (QED) is 0.875. The molecule has 0 heterocycles. The molecule has 0 saturated carbocycles. The molecule has 0 atom stereocenters. The first-order chi connectivity index (χ1) is 8.28. The lowest BCUT2D eigenvalue weighted by molar-refractivity contribution is 0.342. The number of ether oxygens (including phenoxy) is 1. The maximum atomic E-state index is 11.0. The standard InChI is InChI=1S/C12H18ClNO3S/c1-9(2)14-11-8-10(13)4-5-12(11)17-6-7-18(3,15)16/h4-5,8-9,14H,6-7H2,1-3H3. The van der Waals surface area contributed by atoms with Crippen LogP contribution in [0, 0.1) is 0 Å². The van der Waals surface area contributed by atoms with Crippen LogP contribution in [0.25, 0.3) is 0 Å². The van der Waals surface area contributed by atoms with Crippen molar-refractivity contribution in [3.05, 3.63) is 23.2 Å². The lowest BCUT2D eigenvalue weighted by Gasteiger charge is -2.15. The van der Waals surface area contributed by atoms with Gasteiger partial charge in [0.1, 0.15) is 12.4 Å². The molecular formula is C12H18ClNO3S. The third-order valence-electron chi connectivity index (χ3n) is 2.10. The van der Waals surface area contributed by atoms with E-state index in [1.165, 1.54) is 6.26 Å². The first kappa shape index (κ1) is 15.1. The van der Waals surface area contributed by atoms with Gasteiger partial charge in [0.05, 0.1) is 11.4 Å². The normalized spacial score (nSPS) is 11.6. The second-order valence-electron chi connectivity index (χ2n) is 4.42.